The Hall–Kier alpha value is -3.55. The molecular formula is C20H22N4O4. The van der Waals surface area contributed by atoms with Crippen molar-refractivity contribution in [3.8, 4) is 5.75 Å². The zero-order valence-electron chi connectivity index (χ0n) is 15.5. The summed E-state index contributed by atoms with van der Waals surface area (Å²) in [5, 5.41) is 5.38. The van der Waals surface area contributed by atoms with Gasteiger partial charge in [-0.05, 0) is 43.3 Å². The van der Waals surface area contributed by atoms with Crippen LogP contribution in [0.4, 0.5) is 16.2 Å². The zero-order valence-corrected chi connectivity index (χ0v) is 15.5. The first-order valence-electron chi connectivity index (χ1n) is 8.97. The van der Waals surface area contributed by atoms with Gasteiger partial charge in [0.05, 0.1) is 23.9 Å². The van der Waals surface area contributed by atoms with Crippen LogP contribution in [-0.4, -0.2) is 37.0 Å². The molecule has 0 saturated carbocycles. The van der Waals surface area contributed by atoms with E-state index in [4.69, 9.17) is 10.5 Å². The topological polar surface area (TPSA) is 114 Å². The predicted molar refractivity (Wildman–Crippen MR) is 105 cm³/mol. The van der Waals surface area contributed by atoms with E-state index in [1.807, 2.05) is 19.1 Å². The van der Waals surface area contributed by atoms with E-state index in [2.05, 4.69) is 10.6 Å². The summed E-state index contributed by atoms with van der Waals surface area (Å²) in [5.41, 5.74) is 6.60. The fraction of sp³-hybridized carbons (Fsp3) is 0.250. The van der Waals surface area contributed by atoms with Crippen molar-refractivity contribution < 1.29 is 19.1 Å². The number of nitrogens with two attached hydrogens (primary N) is 1. The Balaban J connectivity index is 1.61. The van der Waals surface area contributed by atoms with E-state index in [-0.39, 0.29) is 23.9 Å². The van der Waals surface area contributed by atoms with Gasteiger partial charge in [0.25, 0.3) is 5.91 Å². The highest BCUT2D eigenvalue weighted by Crippen LogP contribution is 2.24. The molecule has 4 N–H and O–H groups in total. The summed E-state index contributed by atoms with van der Waals surface area (Å²) in [7, 11) is 0. The Morgan fingerprint density at radius 3 is 2.57 bits per heavy atom. The van der Waals surface area contributed by atoms with Gasteiger partial charge in [0.1, 0.15) is 5.75 Å². The van der Waals surface area contributed by atoms with Crippen LogP contribution in [0, 0.1) is 0 Å². The maximum Gasteiger partial charge on any atom is 0.319 e. The molecule has 0 aliphatic carbocycles. The van der Waals surface area contributed by atoms with E-state index in [9.17, 15) is 14.4 Å². The molecule has 4 amide bonds. The number of carbonyl (C=O) groups is 3. The van der Waals surface area contributed by atoms with Crippen LogP contribution < -0.4 is 26.0 Å². The molecule has 1 fully saturated rings. The van der Waals surface area contributed by atoms with E-state index in [0.29, 0.717) is 18.8 Å². The number of urea groups is 1. The van der Waals surface area contributed by atoms with E-state index in [1.54, 1.807) is 35.2 Å². The van der Waals surface area contributed by atoms with Crippen molar-refractivity contribution >= 4 is 29.2 Å². The molecular weight excluding hydrogens is 360 g/mol. The number of rotatable bonds is 6. The van der Waals surface area contributed by atoms with Crippen molar-refractivity contribution in [2.45, 2.75) is 19.4 Å². The Morgan fingerprint density at radius 2 is 1.89 bits per heavy atom. The van der Waals surface area contributed by atoms with Crippen LogP contribution in [0.2, 0.25) is 0 Å². The Bertz CT molecular complexity index is 882. The number of primary amides is 1. The van der Waals surface area contributed by atoms with Crippen LogP contribution in [0.25, 0.3) is 0 Å². The molecule has 1 atom stereocenters. The standard InChI is InChI=1S/C20H22N4O4/c1-2-28-15-9-7-14(8-10-15)24-12-13(11-18(24)25)22-20(27)23-17-6-4-3-5-16(17)19(21)26/h3-10,13H,2,11-12H2,1H3,(H2,21,26)(H2,22,23,27)/t13-/m0/s1. The van der Waals surface area contributed by atoms with Crippen molar-refractivity contribution in [2.24, 2.45) is 5.73 Å². The quantitative estimate of drug-likeness (QED) is 0.710. The minimum Gasteiger partial charge on any atom is -0.494 e. The first-order valence-corrected chi connectivity index (χ1v) is 8.97. The van der Waals surface area contributed by atoms with Crippen LogP contribution in [0.5, 0.6) is 5.75 Å². The maximum atomic E-state index is 12.3. The Kier molecular flexibility index (Phi) is 5.78. The molecule has 8 heteroatoms. The monoisotopic (exact) mass is 382 g/mol. The smallest absolute Gasteiger partial charge is 0.319 e. The van der Waals surface area contributed by atoms with Gasteiger partial charge in [-0.1, -0.05) is 12.1 Å². The lowest BCUT2D eigenvalue weighted by atomic mass is 10.1. The number of hydrogen-bond acceptors (Lipinski definition) is 4. The van der Waals surface area contributed by atoms with Gasteiger partial charge in [0, 0.05) is 18.7 Å². The molecule has 0 unspecified atom stereocenters. The van der Waals surface area contributed by atoms with E-state index in [1.165, 1.54) is 6.07 Å². The minimum absolute atomic E-state index is 0.0769. The second-order valence-electron chi connectivity index (χ2n) is 6.34. The number of hydrogen-bond donors (Lipinski definition) is 3. The summed E-state index contributed by atoms with van der Waals surface area (Å²) in [4.78, 5) is 37.7. The van der Waals surface area contributed by atoms with Crippen LogP contribution >= 0.6 is 0 Å². The molecule has 0 bridgehead atoms. The van der Waals surface area contributed by atoms with Gasteiger partial charge in [-0.15, -0.1) is 0 Å². The molecule has 0 aromatic heterocycles. The normalized spacial score (nSPS) is 16.0. The number of nitrogens with one attached hydrogen (secondary N) is 2. The first kappa shape index (κ1) is 19.2. The number of anilines is 2. The molecule has 2 aromatic carbocycles. The van der Waals surface area contributed by atoms with Crippen LogP contribution in [0.1, 0.15) is 23.7 Å². The second kappa shape index (κ2) is 8.43. The summed E-state index contributed by atoms with van der Waals surface area (Å²) in [5.74, 6) is 0.0284. The van der Waals surface area contributed by atoms with E-state index >= 15 is 0 Å². The van der Waals surface area contributed by atoms with E-state index in [0.717, 1.165) is 11.4 Å². The van der Waals surface area contributed by atoms with Gasteiger partial charge in [-0.2, -0.15) is 0 Å². The number of para-hydroxylation sites is 1. The molecule has 1 saturated heterocycles. The highest BCUT2D eigenvalue weighted by Gasteiger charge is 2.31. The highest BCUT2D eigenvalue weighted by molar-refractivity contribution is 6.03. The van der Waals surface area contributed by atoms with Gasteiger partial charge >= 0.3 is 6.03 Å². The van der Waals surface area contributed by atoms with Crippen LogP contribution in [-0.2, 0) is 4.79 Å². The Labute approximate surface area is 162 Å². The third-order valence-corrected chi connectivity index (χ3v) is 4.36. The summed E-state index contributed by atoms with van der Waals surface area (Å²) < 4.78 is 5.41. The lowest BCUT2D eigenvalue weighted by Gasteiger charge is -2.18. The molecule has 146 valence electrons. The third-order valence-electron chi connectivity index (χ3n) is 4.36. The number of nitrogens with zero attached hydrogens (tertiary/aromatic N) is 1. The molecule has 28 heavy (non-hydrogen) atoms. The van der Waals surface area contributed by atoms with Crippen molar-refractivity contribution in [3.05, 3.63) is 54.1 Å². The molecule has 1 heterocycles. The molecule has 8 nitrogen and oxygen atoms in total. The van der Waals surface area contributed by atoms with Crippen LogP contribution in [0.15, 0.2) is 48.5 Å². The highest BCUT2D eigenvalue weighted by atomic mass is 16.5. The summed E-state index contributed by atoms with van der Waals surface area (Å²) in [6.45, 7) is 2.83. The van der Waals surface area contributed by atoms with Crippen molar-refractivity contribution in [1.29, 1.82) is 0 Å². The largest absolute Gasteiger partial charge is 0.494 e. The predicted octanol–water partition coefficient (Wildman–Crippen LogP) is 2.11. The lowest BCUT2D eigenvalue weighted by molar-refractivity contribution is -0.117. The Morgan fingerprint density at radius 1 is 1.18 bits per heavy atom. The zero-order chi connectivity index (χ0) is 20.1. The van der Waals surface area contributed by atoms with Crippen molar-refractivity contribution in [2.75, 3.05) is 23.4 Å². The lowest BCUT2D eigenvalue weighted by Crippen LogP contribution is -2.40. The number of benzene rings is 2. The third kappa shape index (κ3) is 4.40. The molecule has 2 aromatic rings. The summed E-state index contributed by atoms with van der Waals surface area (Å²) in [6, 6.07) is 12.9. The molecule has 0 spiro atoms. The average molecular weight is 382 g/mol. The number of carbonyl (C=O) groups excluding carboxylic acids is 3. The minimum atomic E-state index is -0.631. The first-order chi connectivity index (χ1) is 13.5. The van der Waals surface area contributed by atoms with E-state index < -0.39 is 11.9 Å². The molecule has 3 rings (SSSR count). The fourth-order valence-electron chi connectivity index (χ4n) is 3.09. The molecule has 1 aliphatic heterocycles. The SMILES string of the molecule is CCOc1ccc(N2C[C@@H](NC(=O)Nc3ccccc3C(N)=O)CC2=O)cc1. The van der Waals surface area contributed by atoms with Gasteiger partial charge in [0.2, 0.25) is 5.91 Å². The van der Waals surface area contributed by atoms with Crippen molar-refractivity contribution in [1.82, 2.24) is 5.32 Å². The molecule has 1 aliphatic rings. The van der Waals surface area contributed by atoms with Gasteiger partial charge in [0.15, 0.2) is 0 Å². The van der Waals surface area contributed by atoms with Gasteiger partial charge in [-0.3, -0.25) is 9.59 Å². The number of amides is 4. The van der Waals surface area contributed by atoms with Crippen molar-refractivity contribution in [3.63, 3.8) is 0 Å². The summed E-state index contributed by atoms with van der Waals surface area (Å²) >= 11 is 0. The van der Waals surface area contributed by atoms with Gasteiger partial charge in [-0.25, -0.2) is 4.79 Å². The average Bonchev–Trinajstić information content (AvgIpc) is 3.02. The summed E-state index contributed by atoms with van der Waals surface area (Å²) in [6.07, 6.45) is 0.193. The maximum absolute atomic E-state index is 12.3. The van der Waals surface area contributed by atoms with Gasteiger partial charge < -0.3 is 26.0 Å². The fourth-order valence-corrected chi connectivity index (χ4v) is 3.09. The second-order valence-corrected chi connectivity index (χ2v) is 6.34. The molecule has 0 radical (unpaired) electrons. The number of ether oxygens (including phenoxy) is 1. The van der Waals surface area contributed by atoms with Crippen LogP contribution in [0.3, 0.4) is 0 Å².